The third kappa shape index (κ3) is 2.25. The van der Waals surface area contributed by atoms with Gasteiger partial charge in [-0.3, -0.25) is 4.79 Å². The number of likely N-dealkylation sites (N-methyl/N-ethyl adjacent to an activating group) is 1. The van der Waals surface area contributed by atoms with Gasteiger partial charge in [-0.2, -0.15) is 0 Å². The molecule has 3 rings (SSSR count). The van der Waals surface area contributed by atoms with Gasteiger partial charge < -0.3 is 4.90 Å². The fourth-order valence-corrected chi connectivity index (χ4v) is 3.26. The molecule has 1 aliphatic heterocycles. The van der Waals surface area contributed by atoms with E-state index < -0.39 is 0 Å². The van der Waals surface area contributed by atoms with E-state index in [1.807, 2.05) is 18.0 Å². The van der Waals surface area contributed by atoms with Crippen LogP contribution in [0.15, 0.2) is 54.3 Å². The summed E-state index contributed by atoms with van der Waals surface area (Å²) in [5, 5.41) is 0. The minimum Gasteiger partial charge on any atom is -0.314 e. The molecule has 2 aliphatic rings. The van der Waals surface area contributed by atoms with Crippen molar-refractivity contribution in [2.24, 2.45) is 5.92 Å². The summed E-state index contributed by atoms with van der Waals surface area (Å²) in [5.41, 5.74) is 4.49. The highest BCUT2D eigenvalue weighted by atomic mass is 16.2. The Bertz CT molecular complexity index is 664. The van der Waals surface area contributed by atoms with E-state index in [0.29, 0.717) is 0 Å². The van der Waals surface area contributed by atoms with Gasteiger partial charge in [0.05, 0.1) is 11.6 Å². The topological polar surface area (TPSA) is 20.3 Å². The molecule has 1 amide bonds. The van der Waals surface area contributed by atoms with Crippen molar-refractivity contribution in [2.45, 2.75) is 26.2 Å². The molecule has 1 unspecified atom stereocenters. The molecule has 0 aromatic heterocycles. The van der Waals surface area contributed by atoms with Gasteiger partial charge in [0.2, 0.25) is 5.91 Å². The van der Waals surface area contributed by atoms with Gasteiger partial charge in [0, 0.05) is 12.6 Å². The van der Waals surface area contributed by atoms with Gasteiger partial charge in [-0.25, -0.2) is 0 Å². The lowest BCUT2D eigenvalue weighted by Crippen LogP contribution is -2.32. The molecule has 0 radical (unpaired) electrons. The minimum atomic E-state index is -0.0834. The number of allylic oxidation sites excluding steroid dienone is 5. The molecular formula is C19H21NO. The number of benzene rings is 1. The molecule has 0 N–H and O–H groups in total. The van der Waals surface area contributed by atoms with E-state index in [1.54, 1.807) is 0 Å². The second-order valence-corrected chi connectivity index (χ2v) is 6.05. The lowest BCUT2D eigenvalue weighted by Gasteiger charge is -2.25. The predicted octanol–water partition coefficient (Wildman–Crippen LogP) is 4.13. The molecule has 0 bridgehead atoms. The van der Waals surface area contributed by atoms with Crippen LogP contribution in [0, 0.1) is 5.92 Å². The summed E-state index contributed by atoms with van der Waals surface area (Å²) < 4.78 is 0. The van der Waals surface area contributed by atoms with Crippen molar-refractivity contribution in [3.63, 3.8) is 0 Å². The van der Waals surface area contributed by atoms with Crippen LogP contribution in [0.4, 0.5) is 0 Å². The first-order valence-electron chi connectivity index (χ1n) is 7.55. The number of hydrogen-bond acceptors (Lipinski definition) is 1. The molecule has 108 valence electrons. The smallest absolute Gasteiger partial charge is 0.234 e. The average molecular weight is 279 g/mol. The van der Waals surface area contributed by atoms with Crippen LogP contribution in [-0.2, 0) is 4.79 Å². The van der Waals surface area contributed by atoms with Gasteiger partial charge in [0.1, 0.15) is 0 Å². The summed E-state index contributed by atoms with van der Waals surface area (Å²) in [7, 11) is 1.89. The number of fused-ring (bicyclic) bond motifs is 2. The Labute approximate surface area is 126 Å². The lowest BCUT2D eigenvalue weighted by atomic mass is 9.84. The Kier molecular flexibility index (Phi) is 3.54. The van der Waals surface area contributed by atoms with Gasteiger partial charge in [0.15, 0.2) is 0 Å². The van der Waals surface area contributed by atoms with E-state index in [2.05, 4.69) is 56.4 Å². The van der Waals surface area contributed by atoms with Gasteiger partial charge in [-0.1, -0.05) is 56.3 Å². The lowest BCUT2D eigenvalue weighted by molar-refractivity contribution is -0.130. The van der Waals surface area contributed by atoms with E-state index in [1.165, 1.54) is 5.56 Å². The number of rotatable bonds is 1. The zero-order chi connectivity index (χ0) is 15.0. The molecular weight excluding hydrogens is 258 g/mol. The third-order valence-corrected chi connectivity index (χ3v) is 4.32. The maximum Gasteiger partial charge on any atom is 0.234 e. The van der Waals surface area contributed by atoms with Crippen molar-refractivity contribution in [3.05, 3.63) is 65.4 Å². The normalized spacial score (nSPS) is 21.2. The van der Waals surface area contributed by atoms with Gasteiger partial charge in [-0.15, -0.1) is 0 Å². The molecule has 1 aromatic rings. The fraction of sp³-hybridized carbons (Fsp3) is 0.316. The number of carbonyl (C=O) groups is 1. The van der Waals surface area contributed by atoms with E-state index in [4.69, 9.17) is 0 Å². The molecule has 0 saturated heterocycles. The maximum atomic E-state index is 13.0. The van der Waals surface area contributed by atoms with Gasteiger partial charge >= 0.3 is 0 Å². The first-order chi connectivity index (χ1) is 10.1. The Balaban J connectivity index is 2.30. The van der Waals surface area contributed by atoms with Crippen LogP contribution in [0.1, 0.15) is 37.3 Å². The molecule has 1 aromatic carbocycles. The van der Waals surface area contributed by atoms with Crippen LogP contribution >= 0.6 is 0 Å². The van der Waals surface area contributed by atoms with Crippen LogP contribution in [0.2, 0.25) is 0 Å². The zero-order valence-corrected chi connectivity index (χ0v) is 12.8. The van der Waals surface area contributed by atoms with Crippen molar-refractivity contribution in [1.82, 2.24) is 4.90 Å². The highest BCUT2D eigenvalue weighted by Crippen LogP contribution is 2.39. The largest absolute Gasteiger partial charge is 0.314 e. The summed E-state index contributed by atoms with van der Waals surface area (Å²) >= 11 is 0. The number of nitrogens with zero attached hydrogens (tertiary/aromatic N) is 1. The standard InChI is InChI=1S/C19H21NO/c1-13(2)18-16-11-8-7-9-14(16)15-10-5-4-6-12-17(15)20(3)19(18)21/h5-13,18H,4H2,1-3H3. The molecule has 2 nitrogen and oxygen atoms in total. The maximum absolute atomic E-state index is 13.0. The SMILES string of the molecule is CC(C)C1C(=O)N(C)C2=C(C=CCC=C2)c2ccccc21. The molecule has 1 heterocycles. The summed E-state index contributed by atoms with van der Waals surface area (Å²) in [6.07, 6.45) is 9.41. The number of hydrogen-bond donors (Lipinski definition) is 0. The summed E-state index contributed by atoms with van der Waals surface area (Å²) in [4.78, 5) is 14.8. The first kappa shape index (κ1) is 13.9. The second-order valence-electron chi connectivity index (χ2n) is 6.05. The third-order valence-electron chi connectivity index (χ3n) is 4.32. The first-order valence-corrected chi connectivity index (χ1v) is 7.55. The summed E-state index contributed by atoms with van der Waals surface area (Å²) in [5.74, 6) is 0.375. The molecule has 0 spiro atoms. The molecule has 1 atom stereocenters. The summed E-state index contributed by atoms with van der Waals surface area (Å²) in [6.45, 7) is 4.24. The van der Waals surface area contributed by atoms with E-state index in [9.17, 15) is 4.79 Å². The Morgan fingerprint density at radius 2 is 1.86 bits per heavy atom. The van der Waals surface area contributed by atoms with Crippen LogP contribution in [0.3, 0.4) is 0 Å². The van der Waals surface area contributed by atoms with E-state index in [-0.39, 0.29) is 17.7 Å². The van der Waals surface area contributed by atoms with Crippen LogP contribution in [0.25, 0.3) is 5.57 Å². The minimum absolute atomic E-state index is 0.0834. The molecule has 0 saturated carbocycles. The zero-order valence-electron chi connectivity index (χ0n) is 12.8. The van der Waals surface area contributed by atoms with E-state index in [0.717, 1.165) is 23.3 Å². The molecule has 2 heteroatoms. The van der Waals surface area contributed by atoms with Crippen molar-refractivity contribution < 1.29 is 4.79 Å². The number of carbonyl (C=O) groups excluding carboxylic acids is 1. The molecule has 0 fully saturated rings. The fourth-order valence-electron chi connectivity index (χ4n) is 3.26. The van der Waals surface area contributed by atoms with Crippen molar-refractivity contribution in [2.75, 3.05) is 7.05 Å². The van der Waals surface area contributed by atoms with Crippen LogP contribution in [0.5, 0.6) is 0 Å². The molecule has 1 aliphatic carbocycles. The van der Waals surface area contributed by atoms with Crippen molar-refractivity contribution >= 4 is 11.5 Å². The quantitative estimate of drug-likeness (QED) is 0.757. The summed E-state index contributed by atoms with van der Waals surface area (Å²) in [6, 6.07) is 8.32. The average Bonchev–Trinajstić information content (AvgIpc) is 2.75. The Hall–Kier alpha value is -2.09. The molecule has 21 heavy (non-hydrogen) atoms. The predicted molar refractivity (Wildman–Crippen MR) is 86.6 cm³/mol. The van der Waals surface area contributed by atoms with Crippen molar-refractivity contribution in [3.8, 4) is 0 Å². The Morgan fingerprint density at radius 1 is 1.14 bits per heavy atom. The van der Waals surface area contributed by atoms with Crippen molar-refractivity contribution in [1.29, 1.82) is 0 Å². The van der Waals surface area contributed by atoms with Gasteiger partial charge in [0.25, 0.3) is 0 Å². The monoisotopic (exact) mass is 279 g/mol. The Morgan fingerprint density at radius 3 is 2.62 bits per heavy atom. The van der Waals surface area contributed by atoms with Gasteiger partial charge in [-0.05, 0) is 29.5 Å². The number of amides is 1. The second kappa shape index (κ2) is 5.36. The van der Waals surface area contributed by atoms with Crippen LogP contribution in [-0.4, -0.2) is 17.9 Å². The van der Waals surface area contributed by atoms with E-state index >= 15 is 0 Å². The van der Waals surface area contributed by atoms with Crippen LogP contribution < -0.4 is 0 Å². The highest BCUT2D eigenvalue weighted by molar-refractivity contribution is 5.94. The highest BCUT2D eigenvalue weighted by Gasteiger charge is 2.34.